The van der Waals surface area contributed by atoms with Crippen molar-refractivity contribution in [2.45, 2.75) is 45.6 Å². The van der Waals surface area contributed by atoms with Crippen molar-refractivity contribution in [2.24, 2.45) is 0 Å². The third-order valence-electron chi connectivity index (χ3n) is 3.16. The zero-order chi connectivity index (χ0) is 16.4. The van der Waals surface area contributed by atoms with Crippen LogP contribution < -0.4 is 5.32 Å². The molecule has 0 fully saturated rings. The molecule has 1 unspecified atom stereocenters. The molecule has 0 aromatic heterocycles. The van der Waals surface area contributed by atoms with Crippen molar-refractivity contribution in [3.05, 3.63) is 35.4 Å². The highest BCUT2D eigenvalue weighted by molar-refractivity contribution is 5.94. The molecule has 0 aliphatic heterocycles. The van der Waals surface area contributed by atoms with E-state index in [0.29, 0.717) is 24.8 Å². The molecular formula is C18H23NO3. The standard InChI is InChI=1S/C18H23NO3/c1-3-17(21)11-6-4-5-8-15-9-7-10-16(12-15)18(22)19-14(2)13-20/h7,9-10,12,14,20H,3-4,6,11,13H2,1-2H3,(H,19,22). The molecule has 4 nitrogen and oxygen atoms in total. The predicted octanol–water partition coefficient (Wildman–Crippen LogP) is 2.30. The second-order valence-corrected chi connectivity index (χ2v) is 5.19. The number of hydrogen-bond donors (Lipinski definition) is 2. The number of amides is 1. The molecule has 1 amide bonds. The summed E-state index contributed by atoms with van der Waals surface area (Å²) in [6.07, 6.45) is 2.60. The van der Waals surface area contributed by atoms with E-state index in [1.54, 1.807) is 25.1 Å². The van der Waals surface area contributed by atoms with Gasteiger partial charge in [-0.25, -0.2) is 0 Å². The highest BCUT2D eigenvalue weighted by Gasteiger charge is 2.08. The van der Waals surface area contributed by atoms with E-state index >= 15 is 0 Å². The van der Waals surface area contributed by atoms with E-state index < -0.39 is 0 Å². The molecule has 0 aliphatic rings. The number of aliphatic hydroxyl groups excluding tert-OH is 1. The molecular weight excluding hydrogens is 278 g/mol. The Labute approximate surface area is 131 Å². The molecule has 0 heterocycles. The zero-order valence-electron chi connectivity index (χ0n) is 13.2. The molecule has 4 heteroatoms. The Morgan fingerprint density at radius 2 is 2.14 bits per heavy atom. The molecule has 1 aromatic carbocycles. The number of Topliss-reactive ketones (excluding diaryl/α,β-unsaturated/α-hetero) is 1. The summed E-state index contributed by atoms with van der Waals surface area (Å²) >= 11 is 0. The van der Waals surface area contributed by atoms with Crippen LogP contribution in [0.15, 0.2) is 24.3 Å². The monoisotopic (exact) mass is 301 g/mol. The lowest BCUT2D eigenvalue weighted by atomic mass is 10.1. The summed E-state index contributed by atoms with van der Waals surface area (Å²) in [5, 5.41) is 11.6. The minimum absolute atomic E-state index is 0.0955. The smallest absolute Gasteiger partial charge is 0.251 e. The first-order valence-electron chi connectivity index (χ1n) is 7.59. The van der Waals surface area contributed by atoms with Crippen LogP contribution in [0.1, 0.15) is 55.5 Å². The summed E-state index contributed by atoms with van der Waals surface area (Å²) in [7, 11) is 0. The maximum Gasteiger partial charge on any atom is 0.251 e. The SMILES string of the molecule is CCC(=O)CCCC#Cc1cccc(C(=O)NC(C)CO)c1. The van der Waals surface area contributed by atoms with Gasteiger partial charge in [0, 0.05) is 36.4 Å². The Hall–Kier alpha value is -2.12. The quantitative estimate of drug-likeness (QED) is 0.600. The Morgan fingerprint density at radius 1 is 1.36 bits per heavy atom. The Bertz CT molecular complexity index is 569. The van der Waals surface area contributed by atoms with Crippen LogP contribution in [0, 0.1) is 11.8 Å². The normalized spacial score (nSPS) is 11.2. The molecule has 1 atom stereocenters. The van der Waals surface area contributed by atoms with Crippen molar-refractivity contribution in [3.8, 4) is 11.8 Å². The van der Waals surface area contributed by atoms with Gasteiger partial charge in [-0.2, -0.15) is 0 Å². The van der Waals surface area contributed by atoms with Crippen LogP contribution in [-0.4, -0.2) is 29.4 Å². The Morgan fingerprint density at radius 3 is 2.82 bits per heavy atom. The van der Waals surface area contributed by atoms with Gasteiger partial charge >= 0.3 is 0 Å². The molecule has 0 bridgehead atoms. The molecule has 1 aromatic rings. The van der Waals surface area contributed by atoms with Gasteiger partial charge in [-0.05, 0) is 31.5 Å². The Balaban J connectivity index is 2.57. The summed E-state index contributed by atoms with van der Waals surface area (Å²) in [6.45, 7) is 3.50. The maximum absolute atomic E-state index is 11.9. The molecule has 22 heavy (non-hydrogen) atoms. The van der Waals surface area contributed by atoms with Crippen molar-refractivity contribution in [1.29, 1.82) is 0 Å². The van der Waals surface area contributed by atoms with E-state index in [9.17, 15) is 9.59 Å². The fraction of sp³-hybridized carbons (Fsp3) is 0.444. The van der Waals surface area contributed by atoms with Gasteiger partial charge in [-0.1, -0.05) is 24.8 Å². The summed E-state index contributed by atoms with van der Waals surface area (Å²) in [6, 6.07) is 6.78. The predicted molar refractivity (Wildman–Crippen MR) is 86.5 cm³/mol. The average molecular weight is 301 g/mol. The van der Waals surface area contributed by atoms with Gasteiger partial charge in [0.25, 0.3) is 5.91 Å². The van der Waals surface area contributed by atoms with E-state index in [0.717, 1.165) is 12.0 Å². The second-order valence-electron chi connectivity index (χ2n) is 5.19. The first kappa shape index (κ1) is 17.9. The van der Waals surface area contributed by atoms with Crippen molar-refractivity contribution in [2.75, 3.05) is 6.61 Å². The minimum Gasteiger partial charge on any atom is -0.394 e. The summed E-state index contributed by atoms with van der Waals surface area (Å²) < 4.78 is 0. The summed E-state index contributed by atoms with van der Waals surface area (Å²) in [4.78, 5) is 23.1. The number of carbonyl (C=O) groups excluding carboxylic acids is 2. The van der Waals surface area contributed by atoms with E-state index in [1.807, 2.05) is 13.0 Å². The molecule has 0 aliphatic carbocycles. The van der Waals surface area contributed by atoms with Crippen LogP contribution in [0.3, 0.4) is 0 Å². The van der Waals surface area contributed by atoms with E-state index in [-0.39, 0.29) is 24.3 Å². The fourth-order valence-corrected chi connectivity index (χ4v) is 1.81. The van der Waals surface area contributed by atoms with Crippen LogP contribution in [0.25, 0.3) is 0 Å². The third-order valence-corrected chi connectivity index (χ3v) is 3.16. The van der Waals surface area contributed by atoms with Gasteiger partial charge in [0.1, 0.15) is 5.78 Å². The molecule has 0 spiro atoms. The largest absolute Gasteiger partial charge is 0.394 e. The lowest BCUT2D eigenvalue weighted by Gasteiger charge is -2.10. The lowest BCUT2D eigenvalue weighted by Crippen LogP contribution is -2.34. The average Bonchev–Trinajstić information content (AvgIpc) is 2.54. The second kappa shape index (κ2) is 9.75. The van der Waals surface area contributed by atoms with E-state index in [2.05, 4.69) is 17.2 Å². The number of nitrogens with one attached hydrogen (secondary N) is 1. The molecule has 2 N–H and O–H groups in total. The number of unbranched alkanes of at least 4 members (excludes halogenated alkanes) is 1. The van der Waals surface area contributed by atoms with Crippen LogP contribution >= 0.6 is 0 Å². The van der Waals surface area contributed by atoms with Crippen molar-refractivity contribution in [3.63, 3.8) is 0 Å². The van der Waals surface area contributed by atoms with Crippen molar-refractivity contribution >= 4 is 11.7 Å². The molecule has 1 rings (SSSR count). The van der Waals surface area contributed by atoms with Crippen LogP contribution in [-0.2, 0) is 4.79 Å². The van der Waals surface area contributed by atoms with Crippen molar-refractivity contribution in [1.82, 2.24) is 5.32 Å². The van der Waals surface area contributed by atoms with Gasteiger partial charge in [-0.3, -0.25) is 9.59 Å². The molecule has 0 saturated heterocycles. The zero-order valence-corrected chi connectivity index (χ0v) is 13.2. The minimum atomic E-state index is -0.279. The topological polar surface area (TPSA) is 66.4 Å². The molecule has 0 saturated carbocycles. The fourth-order valence-electron chi connectivity index (χ4n) is 1.81. The van der Waals surface area contributed by atoms with Gasteiger partial charge in [0.05, 0.1) is 6.61 Å². The number of aliphatic hydroxyl groups is 1. The van der Waals surface area contributed by atoms with Crippen molar-refractivity contribution < 1.29 is 14.7 Å². The molecule has 118 valence electrons. The first-order chi connectivity index (χ1) is 10.6. The van der Waals surface area contributed by atoms with Crippen LogP contribution in [0.5, 0.6) is 0 Å². The number of carbonyl (C=O) groups is 2. The Kier molecular flexibility index (Phi) is 7.95. The van der Waals surface area contributed by atoms with Gasteiger partial charge in [0.15, 0.2) is 0 Å². The third kappa shape index (κ3) is 6.55. The number of rotatable bonds is 7. The van der Waals surface area contributed by atoms with Crippen LogP contribution in [0.4, 0.5) is 0 Å². The molecule has 0 radical (unpaired) electrons. The van der Waals surface area contributed by atoms with Gasteiger partial charge in [-0.15, -0.1) is 0 Å². The first-order valence-corrected chi connectivity index (χ1v) is 7.59. The van der Waals surface area contributed by atoms with Gasteiger partial charge in [0.2, 0.25) is 0 Å². The summed E-state index contributed by atoms with van der Waals surface area (Å²) in [5.41, 5.74) is 1.29. The summed E-state index contributed by atoms with van der Waals surface area (Å²) in [5.74, 6) is 6.07. The van der Waals surface area contributed by atoms with E-state index in [1.165, 1.54) is 0 Å². The number of benzene rings is 1. The number of hydrogen-bond acceptors (Lipinski definition) is 3. The number of ketones is 1. The van der Waals surface area contributed by atoms with Gasteiger partial charge < -0.3 is 10.4 Å². The maximum atomic E-state index is 11.9. The highest BCUT2D eigenvalue weighted by Crippen LogP contribution is 2.05. The van der Waals surface area contributed by atoms with E-state index in [4.69, 9.17) is 5.11 Å². The van der Waals surface area contributed by atoms with Crippen LogP contribution in [0.2, 0.25) is 0 Å². The lowest BCUT2D eigenvalue weighted by molar-refractivity contribution is -0.118. The highest BCUT2D eigenvalue weighted by atomic mass is 16.3.